The lowest BCUT2D eigenvalue weighted by molar-refractivity contribution is 0.0947. The third-order valence-electron chi connectivity index (χ3n) is 3.72. The summed E-state index contributed by atoms with van der Waals surface area (Å²) in [6, 6.07) is 5.77. The third-order valence-corrected chi connectivity index (χ3v) is 3.72. The normalized spacial score (nSPS) is 11.0. The van der Waals surface area contributed by atoms with Crippen molar-refractivity contribution in [3.8, 4) is 11.3 Å². The van der Waals surface area contributed by atoms with Gasteiger partial charge in [0.2, 0.25) is 0 Å². The van der Waals surface area contributed by atoms with Gasteiger partial charge in [0, 0.05) is 12.1 Å². The number of carbonyl (C=O) groups is 1. The van der Waals surface area contributed by atoms with Crippen molar-refractivity contribution in [3.05, 3.63) is 42.2 Å². The fraction of sp³-hybridized carbons (Fsp3) is 0.412. The second kappa shape index (κ2) is 8.43. The number of hydrogen-bond donors (Lipinski definition) is 1. The summed E-state index contributed by atoms with van der Waals surface area (Å²) in [6.07, 6.45) is 2.10. The van der Waals surface area contributed by atoms with E-state index in [0.717, 1.165) is 26.1 Å². The zero-order chi connectivity index (χ0) is 16.7. The molecule has 2 rings (SSSR count). The molecule has 0 spiro atoms. The Morgan fingerprint density at radius 3 is 2.61 bits per heavy atom. The summed E-state index contributed by atoms with van der Waals surface area (Å²) in [7, 11) is 0. The molecule has 0 saturated heterocycles. The number of oxazole rings is 1. The predicted molar refractivity (Wildman–Crippen MR) is 86.6 cm³/mol. The number of carbonyl (C=O) groups excluding carboxylic acids is 1. The van der Waals surface area contributed by atoms with Gasteiger partial charge in [-0.1, -0.05) is 13.8 Å². The van der Waals surface area contributed by atoms with Crippen LogP contribution in [0, 0.1) is 5.82 Å². The molecule has 1 aromatic heterocycles. The van der Waals surface area contributed by atoms with E-state index in [-0.39, 0.29) is 17.4 Å². The van der Waals surface area contributed by atoms with Crippen LogP contribution in [0.1, 0.15) is 30.8 Å². The maximum atomic E-state index is 13.0. The molecule has 2 aromatic rings. The Balaban J connectivity index is 1.93. The minimum Gasteiger partial charge on any atom is -0.443 e. The SMILES string of the molecule is CCN(CC)CCCNC(=O)c1ncoc1-c1ccc(F)cc1. The lowest BCUT2D eigenvalue weighted by atomic mass is 10.1. The average molecular weight is 319 g/mol. The Labute approximate surface area is 135 Å². The van der Waals surface area contributed by atoms with Crippen molar-refractivity contribution < 1.29 is 13.6 Å². The highest BCUT2D eigenvalue weighted by Crippen LogP contribution is 2.23. The van der Waals surface area contributed by atoms with E-state index in [1.54, 1.807) is 12.1 Å². The number of benzene rings is 1. The van der Waals surface area contributed by atoms with Crippen molar-refractivity contribution in [1.29, 1.82) is 0 Å². The molecular weight excluding hydrogens is 297 g/mol. The molecule has 0 aliphatic heterocycles. The Bertz CT molecular complexity index is 621. The van der Waals surface area contributed by atoms with Gasteiger partial charge in [-0.05, 0) is 50.3 Å². The summed E-state index contributed by atoms with van der Waals surface area (Å²) in [5.41, 5.74) is 0.844. The van der Waals surface area contributed by atoms with Gasteiger partial charge < -0.3 is 14.6 Å². The summed E-state index contributed by atoms with van der Waals surface area (Å²) in [6.45, 7) is 7.76. The number of aromatic nitrogens is 1. The molecule has 6 heteroatoms. The number of nitrogens with one attached hydrogen (secondary N) is 1. The zero-order valence-electron chi connectivity index (χ0n) is 13.5. The fourth-order valence-electron chi connectivity index (χ4n) is 2.34. The van der Waals surface area contributed by atoms with Gasteiger partial charge in [0.05, 0.1) is 0 Å². The average Bonchev–Trinajstić information content (AvgIpc) is 3.05. The molecule has 0 fully saturated rings. The molecular formula is C17H22FN3O2. The molecule has 1 aromatic carbocycles. The number of hydrogen-bond acceptors (Lipinski definition) is 4. The van der Waals surface area contributed by atoms with Crippen molar-refractivity contribution in [2.75, 3.05) is 26.2 Å². The number of amides is 1. The Hall–Kier alpha value is -2.21. The number of nitrogens with zero attached hydrogens (tertiary/aromatic N) is 2. The molecule has 0 unspecified atom stereocenters. The van der Waals surface area contributed by atoms with Crippen LogP contribution in [0.2, 0.25) is 0 Å². The Kier molecular flexibility index (Phi) is 6.29. The van der Waals surface area contributed by atoms with Gasteiger partial charge in [0.1, 0.15) is 5.82 Å². The van der Waals surface area contributed by atoms with Gasteiger partial charge in [0.25, 0.3) is 5.91 Å². The van der Waals surface area contributed by atoms with Crippen LogP contribution in [0.5, 0.6) is 0 Å². The van der Waals surface area contributed by atoms with E-state index in [9.17, 15) is 9.18 Å². The van der Waals surface area contributed by atoms with Gasteiger partial charge in [-0.15, -0.1) is 0 Å². The first-order chi connectivity index (χ1) is 11.2. The lowest BCUT2D eigenvalue weighted by Gasteiger charge is -2.17. The van der Waals surface area contributed by atoms with Crippen molar-refractivity contribution in [3.63, 3.8) is 0 Å². The van der Waals surface area contributed by atoms with E-state index < -0.39 is 0 Å². The topological polar surface area (TPSA) is 58.4 Å². The Morgan fingerprint density at radius 2 is 1.96 bits per heavy atom. The monoisotopic (exact) mass is 319 g/mol. The first-order valence-corrected chi connectivity index (χ1v) is 7.85. The smallest absolute Gasteiger partial charge is 0.273 e. The van der Waals surface area contributed by atoms with Gasteiger partial charge in [-0.25, -0.2) is 9.37 Å². The van der Waals surface area contributed by atoms with Crippen molar-refractivity contribution >= 4 is 5.91 Å². The number of rotatable bonds is 8. The van der Waals surface area contributed by atoms with Crippen molar-refractivity contribution in [1.82, 2.24) is 15.2 Å². The lowest BCUT2D eigenvalue weighted by Crippen LogP contribution is -2.30. The molecule has 0 bridgehead atoms. The molecule has 0 saturated carbocycles. The van der Waals surface area contributed by atoms with E-state index >= 15 is 0 Å². The molecule has 0 aliphatic rings. The van der Waals surface area contributed by atoms with Crippen molar-refractivity contribution in [2.45, 2.75) is 20.3 Å². The van der Waals surface area contributed by atoms with E-state index in [0.29, 0.717) is 17.9 Å². The maximum Gasteiger partial charge on any atom is 0.273 e. The van der Waals surface area contributed by atoms with Crippen LogP contribution in [-0.2, 0) is 0 Å². The zero-order valence-corrected chi connectivity index (χ0v) is 13.5. The van der Waals surface area contributed by atoms with Crippen LogP contribution < -0.4 is 5.32 Å². The van der Waals surface area contributed by atoms with Gasteiger partial charge in [-0.3, -0.25) is 4.79 Å². The summed E-state index contributed by atoms with van der Waals surface area (Å²) >= 11 is 0. The molecule has 1 heterocycles. The highest BCUT2D eigenvalue weighted by Gasteiger charge is 2.17. The highest BCUT2D eigenvalue weighted by molar-refractivity contribution is 5.97. The highest BCUT2D eigenvalue weighted by atomic mass is 19.1. The number of halogens is 1. The fourth-order valence-corrected chi connectivity index (χ4v) is 2.34. The molecule has 0 aliphatic carbocycles. The van der Waals surface area contributed by atoms with Crippen molar-refractivity contribution in [2.24, 2.45) is 0 Å². The molecule has 1 N–H and O–H groups in total. The minimum absolute atomic E-state index is 0.222. The maximum absolute atomic E-state index is 13.0. The largest absolute Gasteiger partial charge is 0.443 e. The van der Waals surface area contributed by atoms with Gasteiger partial charge >= 0.3 is 0 Å². The van der Waals surface area contributed by atoms with Crippen LogP contribution in [0.15, 0.2) is 35.1 Å². The summed E-state index contributed by atoms with van der Waals surface area (Å²) in [4.78, 5) is 18.5. The van der Waals surface area contributed by atoms with E-state index in [1.165, 1.54) is 18.5 Å². The van der Waals surface area contributed by atoms with E-state index in [4.69, 9.17) is 4.42 Å². The quantitative estimate of drug-likeness (QED) is 0.760. The third kappa shape index (κ3) is 4.63. The minimum atomic E-state index is -0.337. The first kappa shape index (κ1) is 17.1. The standard InChI is InChI=1S/C17H22FN3O2/c1-3-21(4-2)11-5-10-19-17(22)15-16(23-12-20-15)13-6-8-14(18)9-7-13/h6-9,12H,3-5,10-11H2,1-2H3,(H,19,22). The van der Waals surface area contributed by atoms with Crippen LogP contribution >= 0.6 is 0 Å². The molecule has 23 heavy (non-hydrogen) atoms. The molecule has 0 atom stereocenters. The Morgan fingerprint density at radius 1 is 1.26 bits per heavy atom. The molecule has 124 valence electrons. The van der Waals surface area contributed by atoms with E-state index in [1.807, 2.05) is 0 Å². The van der Waals surface area contributed by atoms with Crippen LogP contribution in [0.3, 0.4) is 0 Å². The molecule has 5 nitrogen and oxygen atoms in total. The summed E-state index contributed by atoms with van der Waals surface area (Å²) in [5.74, 6) is -0.264. The predicted octanol–water partition coefficient (Wildman–Crippen LogP) is 2.94. The van der Waals surface area contributed by atoms with E-state index in [2.05, 4.69) is 29.0 Å². The first-order valence-electron chi connectivity index (χ1n) is 7.85. The van der Waals surface area contributed by atoms with Gasteiger partial charge in [-0.2, -0.15) is 0 Å². The van der Waals surface area contributed by atoms with Crippen LogP contribution in [0.25, 0.3) is 11.3 Å². The summed E-state index contributed by atoms with van der Waals surface area (Å²) in [5, 5.41) is 2.85. The molecule has 0 radical (unpaired) electrons. The second-order valence-electron chi connectivity index (χ2n) is 5.17. The van der Waals surface area contributed by atoms with Crippen LogP contribution in [0.4, 0.5) is 4.39 Å². The summed E-state index contributed by atoms with van der Waals surface area (Å²) < 4.78 is 18.3. The van der Waals surface area contributed by atoms with Crippen LogP contribution in [-0.4, -0.2) is 42.0 Å². The molecule has 1 amide bonds. The second-order valence-corrected chi connectivity index (χ2v) is 5.17. The van der Waals surface area contributed by atoms with Gasteiger partial charge in [0.15, 0.2) is 17.8 Å².